The van der Waals surface area contributed by atoms with Crippen LogP contribution in [0.3, 0.4) is 0 Å². The SMILES string of the molecule is CCCCn1c(=O)[nH]c(=O)c2c1nc(CSc1ccc(S(=O)(=O)N3CCOCC3)cn1)n2C. The summed E-state index contributed by atoms with van der Waals surface area (Å²) in [5.41, 5.74) is -0.210. The molecule has 13 heteroatoms. The number of pyridine rings is 1. The third kappa shape index (κ3) is 4.76. The molecule has 0 radical (unpaired) electrons. The number of ether oxygens (including phenoxy) is 1. The summed E-state index contributed by atoms with van der Waals surface area (Å²) in [5, 5.41) is 0.625. The molecule has 33 heavy (non-hydrogen) atoms. The molecular weight excluding hydrogens is 468 g/mol. The Kier molecular flexibility index (Phi) is 7.02. The van der Waals surface area contributed by atoms with Gasteiger partial charge in [0.05, 0.1) is 24.0 Å². The fraction of sp³-hybridized carbons (Fsp3) is 0.500. The molecule has 178 valence electrons. The maximum Gasteiger partial charge on any atom is 0.330 e. The van der Waals surface area contributed by atoms with Gasteiger partial charge >= 0.3 is 5.69 Å². The molecule has 3 aromatic heterocycles. The number of aryl methyl sites for hydroxylation is 2. The number of hydrogen-bond acceptors (Lipinski definition) is 8. The number of hydrogen-bond donors (Lipinski definition) is 1. The Hall–Kier alpha value is -2.48. The zero-order valence-electron chi connectivity index (χ0n) is 18.5. The largest absolute Gasteiger partial charge is 0.379 e. The van der Waals surface area contributed by atoms with E-state index in [1.54, 1.807) is 23.7 Å². The highest BCUT2D eigenvalue weighted by Gasteiger charge is 2.26. The van der Waals surface area contributed by atoms with Gasteiger partial charge in [-0.15, -0.1) is 0 Å². The average molecular weight is 495 g/mol. The minimum Gasteiger partial charge on any atom is -0.379 e. The maximum absolute atomic E-state index is 12.7. The van der Waals surface area contributed by atoms with Crippen LogP contribution in [-0.4, -0.2) is 63.1 Å². The quantitative estimate of drug-likeness (QED) is 0.458. The van der Waals surface area contributed by atoms with Gasteiger partial charge in [0.25, 0.3) is 5.56 Å². The van der Waals surface area contributed by atoms with Crippen molar-refractivity contribution in [2.24, 2.45) is 7.05 Å². The van der Waals surface area contributed by atoms with Crippen molar-refractivity contribution in [3.05, 3.63) is 45.0 Å². The summed E-state index contributed by atoms with van der Waals surface area (Å²) in [6, 6.07) is 3.20. The van der Waals surface area contributed by atoms with E-state index in [1.807, 2.05) is 6.92 Å². The van der Waals surface area contributed by atoms with E-state index in [2.05, 4.69) is 15.0 Å². The highest BCUT2D eigenvalue weighted by molar-refractivity contribution is 7.98. The molecule has 11 nitrogen and oxygen atoms in total. The topological polar surface area (TPSA) is 132 Å². The van der Waals surface area contributed by atoms with Crippen LogP contribution in [-0.2, 0) is 34.1 Å². The molecule has 0 aromatic carbocycles. The number of H-pyrrole nitrogens is 1. The number of fused-ring (bicyclic) bond motifs is 1. The third-order valence-corrected chi connectivity index (χ3v) is 8.33. The van der Waals surface area contributed by atoms with Crippen LogP contribution in [0.25, 0.3) is 11.2 Å². The fourth-order valence-electron chi connectivity index (χ4n) is 3.62. The number of morpholine rings is 1. The van der Waals surface area contributed by atoms with E-state index in [9.17, 15) is 18.0 Å². The van der Waals surface area contributed by atoms with Crippen LogP contribution in [0.2, 0.25) is 0 Å². The summed E-state index contributed by atoms with van der Waals surface area (Å²) >= 11 is 1.37. The van der Waals surface area contributed by atoms with Crippen molar-refractivity contribution in [3.8, 4) is 0 Å². The lowest BCUT2D eigenvalue weighted by Crippen LogP contribution is -2.40. The standard InChI is InChI=1S/C20H26N6O5S2/c1-3-4-7-26-18-17(19(27)23-20(26)28)24(2)15(22-18)13-32-16-6-5-14(12-21-16)33(29,30)25-8-10-31-11-9-25/h5-6,12H,3-4,7-11,13H2,1-2H3,(H,23,27,28). The van der Waals surface area contributed by atoms with Crippen LogP contribution in [0.1, 0.15) is 25.6 Å². The Balaban J connectivity index is 1.54. The van der Waals surface area contributed by atoms with E-state index in [-0.39, 0.29) is 4.90 Å². The van der Waals surface area contributed by atoms with Crippen LogP contribution in [0.15, 0.2) is 37.8 Å². The molecule has 3 aromatic rings. The summed E-state index contributed by atoms with van der Waals surface area (Å²) < 4.78 is 35.3. The van der Waals surface area contributed by atoms with Crippen LogP contribution in [0, 0.1) is 0 Å². The molecule has 4 heterocycles. The molecule has 0 amide bonds. The molecule has 0 unspecified atom stereocenters. The first kappa shape index (κ1) is 23.7. The first-order chi connectivity index (χ1) is 15.8. The molecule has 0 aliphatic carbocycles. The summed E-state index contributed by atoms with van der Waals surface area (Å²) in [5.74, 6) is 1.01. The smallest absolute Gasteiger partial charge is 0.330 e. The number of sulfonamides is 1. The minimum absolute atomic E-state index is 0.142. The van der Waals surface area contributed by atoms with Gasteiger partial charge in [-0.25, -0.2) is 23.2 Å². The number of imidazole rings is 1. The number of rotatable bonds is 8. The first-order valence-corrected chi connectivity index (χ1v) is 13.1. The summed E-state index contributed by atoms with van der Waals surface area (Å²) in [6.45, 7) is 3.93. The molecule has 0 atom stereocenters. The van der Waals surface area contributed by atoms with Crippen LogP contribution >= 0.6 is 11.8 Å². The lowest BCUT2D eigenvalue weighted by molar-refractivity contribution is 0.0730. The van der Waals surface area contributed by atoms with Crippen molar-refractivity contribution in [2.45, 2.75) is 42.0 Å². The molecule has 1 N–H and O–H groups in total. The van der Waals surface area contributed by atoms with E-state index >= 15 is 0 Å². The van der Waals surface area contributed by atoms with E-state index in [0.717, 1.165) is 12.8 Å². The zero-order chi connectivity index (χ0) is 23.6. The van der Waals surface area contributed by atoms with E-state index < -0.39 is 21.3 Å². The van der Waals surface area contributed by atoms with Crippen molar-refractivity contribution in [1.82, 2.24) is 28.4 Å². The highest BCUT2D eigenvalue weighted by atomic mass is 32.2. The monoisotopic (exact) mass is 494 g/mol. The molecule has 1 fully saturated rings. The number of thioether (sulfide) groups is 1. The van der Waals surface area contributed by atoms with E-state index in [0.29, 0.717) is 60.6 Å². The van der Waals surface area contributed by atoms with Gasteiger partial charge in [-0.2, -0.15) is 4.31 Å². The van der Waals surface area contributed by atoms with Crippen LogP contribution < -0.4 is 11.2 Å². The van der Waals surface area contributed by atoms with E-state index in [1.165, 1.54) is 26.8 Å². The fourth-order valence-corrected chi connectivity index (χ4v) is 5.80. The molecule has 0 bridgehead atoms. The molecule has 1 aliphatic heterocycles. The Bertz CT molecular complexity index is 1350. The van der Waals surface area contributed by atoms with Crippen LogP contribution in [0.5, 0.6) is 0 Å². The van der Waals surface area contributed by atoms with Crippen molar-refractivity contribution >= 4 is 32.9 Å². The maximum atomic E-state index is 12.7. The summed E-state index contributed by atoms with van der Waals surface area (Å²) in [4.78, 5) is 36.0. The summed E-state index contributed by atoms with van der Waals surface area (Å²) in [7, 11) is -1.86. The number of nitrogens with zero attached hydrogens (tertiary/aromatic N) is 5. The van der Waals surface area contributed by atoms with Crippen molar-refractivity contribution in [3.63, 3.8) is 0 Å². The van der Waals surface area contributed by atoms with Gasteiger partial charge in [0.15, 0.2) is 11.2 Å². The lowest BCUT2D eigenvalue weighted by Gasteiger charge is -2.25. The predicted octanol–water partition coefficient (Wildman–Crippen LogP) is 0.932. The number of nitrogens with one attached hydrogen (secondary N) is 1. The third-order valence-electron chi connectivity index (χ3n) is 5.51. The Morgan fingerprint density at radius 3 is 2.64 bits per heavy atom. The van der Waals surface area contributed by atoms with Gasteiger partial charge in [0.1, 0.15) is 10.7 Å². The molecular formula is C20H26N6O5S2. The number of unbranched alkanes of at least 4 members (excludes halogenated alkanes) is 1. The van der Waals surface area contributed by atoms with Gasteiger partial charge in [-0.1, -0.05) is 25.1 Å². The first-order valence-electron chi connectivity index (χ1n) is 10.7. The van der Waals surface area contributed by atoms with Gasteiger partial charge in [-0.05, 0) is 18.6 Å². The Morgan fingerprint density at radius 2 is 1.97 bits per heavy atom. The predicted molar refractivity (Wildman–Crippen MR) is 124 cm³/mol. The molecule has 1 aliphatic rings. The number of aromatic nitrogens is 5. The molecule has 4 rings (SSSR count). The molecule has 0 saturated carbocycles. The van der Waals surface area contributed by atoms with Crippen molar-refractivity contribution in [1.29, 1.82) is 0 Å². The molecule has 0 spiro atoms. The van der Waals surface area contributed by atoms with E-state index in [4.69, 9.17) is 4.74 Å². The normalized spacial score (nSPS) is 15.3. The second-order valence-electron chi connectivity index (χ2n) is 7.66. The van der Waals surface area contributed by atoms with Gasteiger partial charge in [0, 0.05) is 32.9 Å². The minimum atomic E-state index is -3.60. The second kappa shape index (κ2) is 9.79. The van der Waals surface area contributed by atoms with Gasteiger partial charge in [0.2, 0.25) is 10.0 Å². The molecule has 1 saturated heterocycles. The van der Waals surface area contributed by atoms with Gasteiger partial charge < -0.3 is 9.30 Å². The van der Waals surface area contributed by atoms with Crippen LogP contribution in [0.4, 0.5) is 0 Å². The lowest BCUT2D eigenvalue weighted by atomic mass is 10.3. The summed E-state index contributed by atoms with van der Waals surface area (Å²) in [6.07, 6.45) is 3.06. The zero-order valence-corrected chi connectivity index (χ0v) is 20.1. The Morgan fingerprint density at radius 1 is 1.21 bits per heavy atom. The highest BCUT2D eigenvalue weighted by Crippen LogP contribution is 2.24. The second-order valence-corrected chi connectivity index (χ2v) is 10.6. The Labute approximate surface area is 194 Å². The van der Waals surface area contributed by atoms with Crippen molar-refractivity contribution in [2.75, 3.05) is 26.3 Å². The van der Waals surface area contributed by atoms with Crippen molar-refractivity contribution < 1.29 is 13.2 Å². The average Bonchev–Trinajstić information content (AvgIpc) is 3.15. The number of aromatic amines is 1. The van der Waals surface area contributed by atoms with Gasteiger partial charge in [-0.3, -0.25) is 14.3 Å².